The van der Waals surface area contributed by atoms with Crippen LogP contribution in [0.25, 0.3) is 0 Å². The molecule has 2 heteroatoms. The van der Waals surface area contributed by atoms with Gasteiger partial charge in [-0.25, -0.2) is 4.99 Å². The molecule has 0 bridgehead atoms. The van der Waals surface area contributed by atoms with Gasteiger partial charge in [-0.2, -0.15) is 0 Å². The van der Waals surface area contributed by atoms with Crippen molar-refractivity contribution in [3.8, 4) is 0 Å². The fourth-order valence-corrected chi connectivity index (χ4v) is 0.155. The van der Waals surface area contributed by atoms with Crippen molar-refractivity contribution in [1.29, 1.82) is 5.41 Å². The van der Waals surface area contributed by atoms with Crippen LogP contribution in [0.5, 0.6) is 0 Å². The summed E-state index contributed by atoms with van der Waals surface area (Å²) < 4.78 is 0. The van der Waals surface area contributed by atoms with Crippen LogP contribution < -0.4 is 0 Å². The lowest BCUT2D eigenvalue weighted by Crippen LogP contribution is -1.80. The van der Waals surface area contributed by atoms with E-state index in [2.05, 4.69) is 11.6 Å². The lowest BCUT2D eigenvalue weighted by Gasteiger charge is -1.78. The molecule has 0 aliphatic heterocycles. The first kappa shape index (κ1) is 11.0. The molecule has 0 aromatic heterocycles. The quantitative estimate of drug-likeness (QED) is 0.435. The van der Waals surface area contributed by atoms with Gasteiger partial charge in [0, 0.05) is 5.71 Å². The third-order valence-electron chi connectivity index (χ3n) is 0.564. The van der Waals surface area contributed by atoms with Gasteiger partial charge in [0.2, 0.25) is 0 Å². The maximum absolute atomic E-state index is 6.48. The molecular weight excluding hydrogens is 112 g/mol. The van der Waals surface area contributed by atoms with Crippen molar-refractivity contribution < 1.29 is 0 Å². The molecule has 0 unspecified atom stereocenters. The van der Waals surface area contributed by atoms with Crippen LogP contribution in [0.2, 0.25) is 0 Å². The van der Waals surface area contributed by atoms with Gasteiger partial charge in [-0.3, -0.25) is 5.41 Å². The molecule has 0 saturated heterocycles. The summed E-state index contributed by atoms with van der Waals surface area (Å²) in [5.74, 6) is 0. The van der Waals surface area contributed by atoms with Crippen LogP contribution in [0.1, 0.15) is 20.8 Å². The fourth-order valence-electron chi connectivity index (χ4n) is 0.155. The summed E-state index contributed by atoms with van der Waals surface area (Å²) in [5, 5.41) is 6.48. The second kappa shape index (κ2) is 10.1. The number of hydrogen-bond acceptors (Lipinski definition) is 1. The minimum atomic E-state index is 0.773. The van der Waals surface area contributed by atoms with Crippen molar-refractivity contribution >= 4 is 12.1 Å². The van der Waals surface area contributed by atoms with E-state index in [4.69, 9.17) is 5.41 Å². The Labute approximate surface area is 56.8 Å². The minimum Gasteiger partial charge on any atom is -0.290 e. The normalized spacial score (nSPS) is 9.00. The molecule has 2 nitrogen and oxygen atoms in total. The van der Waals surface area contributed by atoms with E-state index in [0.717, 1.165) is 12.1 Å². The van der Waals surface area contributed by atoms with E-state index in [0.29, 0.717) is 0 Å². The summed E-state index contributed by atoms with van der Waals surface area (Å²) in [4.78, 5) is 3.58. The zero-order valence-electron chi connectivity index (χ0n) is 6.31. The Bertz CT molecular complexity index is 103. The number of allylic oxidation sites excluding steroid dienone is 1. The van der Waals surface area contributed by atoms with E-state index in [1.165, 1.54) is 0 Å². The SMILES string of the molecule is C=CC(C)=NC=N.CC. The van der Waals surface area contributed by atoms with Crippen molar-refractivity contribution in [3.63, 3.8) is 0 Å². The third kappa shape index (κ3) is 11.0. The zero-order valence-corrected chi connectivity index (χ0v) is 6.31. The average Bonchev–Trinajstić information content (AvgIpc) is 1.93. The Morgan fingerprint density at radius 2 is 2.00 bits per heavy atom. The summed E-state index contributed by atoms with van der Waals surface area (Å²) in [5.41, 5.74) is 0.773. The lowest BCUT2D eigenvalue weighted by molar-refractivity contribution is 1.50. The number of nitrogens with one attached hydrogen (secondary N) is 1. The van der Waals surface area contributed by atoms with Gasteiger partial charge in [-0.05, 0) is 13.0 Å². The highest BCUT2D eigenvalue weighted by Crippen LogP contribution is 1.71. The number of aliphatic imine (C=N–C) groups is 1. The Morgan fingerprint density at radius 3 is 2.11 bits per heavy atom. The second-order valence-corrected chi connectivity index (χ2v) is 1.10. The zero-order chi connectivity index (χ0) is 7.70. The maximum Gasteiger partial charge on any atom is 0.107 e. The van der Waals surface area contributed by atoms with Crippen LogP contribution in [-0.2, 0) is 0 Å². The molecule has 0 heterocycles. The van der Waals surface area contributed by atoms with Crippen molar-refractivity contribution in [2.45, 2.75) is 20.8 Å². The third-order valence-corrected chi connectivity index (χ3v) is 0.564. The second-order valence-electron chi connectivity index (χ2n) is 1.10. The van der Waals surface area contributed by atoms with Gasteiger partial charge in [-0.1, -0.05) is 20.4 Å². The van der Waals surface area contributed by atoms with Crippen molar-refractivity contribution in [2.75, 3.05) is 0 Å². The standard InChI is InChI=1S/C5H8N2.C2H6/c1-3-5(2)7-4-6;1-2/h3-4,6H,1H2,2H3;1-2H3. The van der Waals surface area contributed by atoms with Crippen LogP contribution >= 0.6 is 0 Å². The Morgan fingerprint density at radius 1 is 1.56 bits per heavy atom. The van der Waals surface area contributed by atoms with Crippen molar-refractivity contribution in [1.82, 2.24) is 0 Å². The Hall–Kier alpha value is -0.920. The topological polar surface area (TPSA) is 36.2 Å². The molecule has 0 amide bonds. The van der Waals surface area contributed by atoms with Gasteiger partial charge in [0.15, 0.2) is 0 Å². The van der Waals surface area contributed by atoms with Crippen LogP contribution in [-0.4, -0.2) is 12.1 Å². The van der Waals surface area contributed by atoms with Crippen LogP contribution in [0.3, 0.4) is 0 Å². The molecule has 0 atom stereocenters. The molecule has 0 aliphatic rings. The molecule has 0 rings (SSSR count). The summed E-state index contributed by atoms with van der Waals surface area (Å²) in [6.07, 6.45) is 2.60. The number of nitrogens with zero attached hydrogens (tertiary/aromatic N) is 1. The lowest BCUT2D eigenvalue weighted by atomic mass is 10.4. The number of hydrogen-bond donors (Lipinski definition) is 1. The van der Waals surface area contributed by atoms with Gasteiger partial charge < -0.3 is 0 Å². The van der Waals surface area contributed by atoms with Crippen molar-refractivity contribution in [2.24, 2.45) is 4.99 Å². The molecule has 52 valence electrons. The van der Waals surface area contributed by atoms with E-state index in [9.17, 15) is 0 Å². The Kier molecular flexibility index (Phi) is 12.3. The van der Waals surface area contributed by atoms with Crippen LogP contribution in [0, 0.1) is 5.41 Å². The summed E-state index contributed by atoms with van der Waals surface area (Å²) >= 11 is 0. The monoisotopic (exact) mass is 126 g/mol. The van der Waals surface area contributed by atoms with E-state index < -0.39 is 0 Å². The maximum atomic E-state index is 6.48. The van der Waals surface area contributed by atoms with Gasteiger partial charge >= 0.3 is 0 Å². The predicted octanol–water partition coefficient (Wildman–Crippen LogP) is 2.27. The molecule has 0 fully saturated rings. The molecule has 0 aromatic rings. The van der Waals surface area contributed by atoms with E-state index >= 15 is 0 Å². The first-order valence-electron chi connectivity index (χ1n) is 2.97. The first-order valence-corrected chi connectivity index (χ1v) is 2.97. The fraction of sp³-hybridized carbons (Fsp3) is 0.429. The molecular formula is C7H14N2. The molecule has 0 saturated carbocycles. The highest BCUT2D eigenvalue weighted by Gasteiger charge is 1.71. The van der Waals surface area contributed by atoms with Crippen LogP contribution in [0.4, 0.5) is 0 Å². The largest absolute Gasteiger partial charge is 0.290 e. The average molecular weight is 126 g/mol. The molecule has 0 spiro atoms. The summed E-state index contributed by atoms with van der Waals surface area (Å²) in [7, 11) is 0. The van der Waals surface area contributed by atoms with E-state index in [1.54, 1.807) is 13.0 Å². The van der Waals surface area contributed by atoms with Gasteiger partial charge in [0.25, 0.3) is 0 Å². The number of rotatable bonds is 2. The van der Waals surface area contributed by atoms with E-state index in [-0.39, 0.29) is 0 Å². The summed E-state index contributed by atoms with van der Waals surface area (Å²) in [6.45, 7) is 9.23. The predicted molar refractivity (Wildman–Crippen MR) is 43.4 cm³/mol. The van der Waals surface area contributed by atoms with Gasteiger partial charge in [0.1, 0.15) is 6.34 Å². The van der Waals surface area contributed by atoms with Gasteiger partial charge in [0.05, 0.1) is 0 Å². The first-order chi connectivity index (χ1) is 4.31. The molecule has 0 radical (unpaired) electrons. The van der Waals surface area contributed by atoms with Gasteiger partial charge in [-0.15, -0.1) is 0 Å². The molecule has 0 aliphatic carbocycles. The highest BCUT2D eigenvalue weighted by atomic mass is 14.7. The smallest absolute Gasteiger partial charge is 0.107 e. The molecule has 1 N–H and O–H groups in total. The minimum absolute atomic E-state index is 0.773. The van der Waals surface area contributed by atoms with E-state index in [1.807, 2.05) is 13.8 Å². The van der Waals surface area contributed by atoms with Crippen molar-refractivity contribution in [3.05, 3.63) is 12.7 Å². The highest BCUT2D eigenvalue weighted by molar-refractivity contribution is 5.96. The summed E-state index contributed by atoms with van der Waals surface area (Å²) in [6, 6.07) is 0. The molecule has 9 heavy (non-hydrogen) atoms. The molecule has 0 aromatic carbocycles. The Balaban J connectivity index is 0. The van der Waals surface area contributed by atoms with Crippen LogP contribution in [0.15, 0.2) is 17.6 Å².